The van der Waals surface area contributed by atoms with Crippen LogP contribution in [0.25, 0.3) is 0 Å². The average Bonchev–Trinajstić information content (AvgIpc) is 2.48. The largest absolute Gasteiger partial charge is 0.454 e. The maximum absolute atomic E-state index is 5.44. The van der Waals surface area contributed by atoms with E-state index in [1.165, 1.54) is 0 Å². The SMILES string of the molecule is CCOCC[n+]1cc(C)[nH]c1OCC. The number of nitrogens with one attached hydrogen (secondary N) is 1. The first kappa shape index (κ1) is 11.0. The summed E-state index contributed by atoms with van der Waals surface area (Å²) in [4.78, 5) is 3.16. The highest BCUT2D eigenvalue weighted by Crippen LogP contribution is 2.01. The van der Waals surface area contributed by atoms with E-state index >= 15 is 0 Å². The Morgan fingerprint density at radius 3 is 2.79 bits per heavy atom. The lowest BCUT2D eigenvalue weighted by Gasteiger charge is -2.00. The van der Waals surface area contributed by atoms with E-state index in [1.807, 2.05) is 31.5 Å². The van der Waals surface area contributed by atoms with Crippen LogP contribution in [0.2, 0.25) is 0 Å². The standard InChI is InChI=1S/C10H18N2O2/c1-4-13-7-6-12-8-9(3)11-10(12)14-5-2/h8H,4-7H2,1-3H3/p+1. The van der Waals surface area contributed by atoms with E-state index in [1.54, 1.807) is 0 Å². The van der Waals surface area contributed by atoms with Gasteiger partial charge in [-0.05, 0) is 13.8 Å². The van der Waals surface area contributed by atoms with Gasteiger partial charge in [-0.15, -0.1) is 0 Å². The van der Waals surface area contributed by atoms with Gasteiger partial charge in [0.2, 0.25) is 0 Å². The minimum Gasteiger partial charge on any atom is -0.431 e. The smallest absolute Gasteiger partial charge is 0.431 e. The van der Waals surface area contributed by atoms with Gasteiger partial charge in [-0.2, -0.15) is 4.57 Å². The van der Waals surface area contributed by atoms with Crippen LogP contribution in [-0.4, -0.2) is 24.8 Å². The molecule has 0 saturated heterocycles. The number of hydrogen-bond donors (Lipinski definition) is 1. The minimum absolute atomic E-state index is 0.675. The molecule has 4 heteroatoms. The summed E-state index contributed by atoms with van der Waals surface area (Å²) in [5.41, 5.74) is 1.10. The molecule has 0 saturated carbocycles. The van der Waals surface area contributed by atoms with Crippen LogP contribution in [0.15, 0.2) is 6.20 Å². The molecule has 0 amide bonds. The van der Waals surface area contributed by atoms with Gasteiger partial charge in [0.15, 0.2) is 0 Å². The van der Waals surface area contributed by atoms with E-state index in [4.69, 9.17) is 9.47 Å². The number of nitrogens with zero attached hydrogens (tertiary/aromatic N) is 1. The molecule has 4 nitrogen and oxygen atoms in total. The Kier molecular flexibility index (Phi) is 4.46. The van der Waals surface area contributed by atoms with Crippen molar-refractivity contribution in [2.24, 2.45) is 0 Å². The molecule has 0 aliphatic carbocycles. The Morgan fingerprint density at radius 1 is 1.36 bits per heavy atom. The highest BCUT2D eigenvalue weighted by molar-refractivity contribution is 4.94. The van der Waals surface area contributed by atoms with E-state index in [9.17, 15) is 0 Å². The van der Waals surface area contributed by atoms with Crippen molar-refractivity contribution in [1.82, 2.24) is 4.98 Å². The fourth-order valence-electron chi connectivity index (χ4n) is 1.29. The fraction of sp³-hybridized carbons (Fsp3) is 0.700. The quantitative estimate of drug-likeness (QED) is 0.549. The van der Waals surface area contributed by atoms with Gasteiger partial charge >= 0.3 is 6.01 Å². The van der Waals surface area contributed by atoms with Crippen molar-refractivity contribution >= 4 is 0 Å². The number of imidazole rings is 1. The second-order valence-electron chi connectivity index (χ2n) is 3.07. The molecule has 0 radical (unpaired) electrons. The number of aromatic nitrogens is 2. The summed E-state index contributed by atoms with van der Waals surface area (Å²) in [5.74, 6) is 0. The molecule has 80 valence electrons. The Morgan fingerprint density at radius 2 is 2.14 bits per heavy atom. The Bertz CT molecular complexity index is 271. The lowest BCUT2D eigenvalue weighted by molar-refractivity contribution is -0.702. The van der Waals surface area contributed by atoms with Crippen LogP contribution < -0.4 is 9.30 Å². The van der Waals surface area contributed by atoms with E-state index < -0.39 is 0 Å². The molecule has 1 heterocycles. The molecule has 1 aromatic heterocycles. The van der Waals surface area contributed by atoms with Gasteiger partial charge in [-0.1, -0.05) is 0 Å². The van der Waals surface area contributed by atoms with Crippen LogP contribution in [0.5, 0.6) is 6.01 Å². The van der Waals surface area contributed by atoms with Gasteiger partial charge in [-0.3, -0.25) is 0 Å². The molecule has 0 bridgehead atoms. The van der Waals surface area contributed by atoms with Gasteiger partial charge in [0.1, 0.15) is 18.4 Å². The summed E-state index contributed by atoms with van der Waals surface area (Å²) in [6.45, 7) is 8.97. The molecule has 0 aliphatic rings. The van der Waals surface area contributed by atoms with Crippen molar-refractivity contribution in [3.8, 4) is 6.01 Å². The molecule has 0 unspecified atom stereocenters. The van der Waals surface area contributed by atoms with Crippen LogP contribution in [0, 0.1) is 6.92 Å². The predicted octanol–water partition coefficient (Wildman–Crippen LogP) is 1.05. The summed E-state index contributed by atoms with van der Waals surface area (Å²) in [7, 11) is 0. The van der Waals surface area contributed by atoms with E-state index in [-0.39, 0.29) is 0 Å². The summed E-state index contributed by atoms with van der Waals surface area (Å²) < 4.78 is 12.8. The summed E-state index contributed by atoms with van der Waals surface area (Å²) in [6, 6.07) is 0.810. The summed E-state index contributed by atoms with van der Waals surface area (Å²) in [5, 5.41) is 0. The highest BCUT2D eigenvalue weighted by Gasteiger charge is 2.13. The molecule has 0 aliphatic heterocycles. The third-order valence-corrected chi connectivity index (χ3v) is 1.88. The fourth-order valence-corrected chi connectivity index (χ4v) is 1.29. The van der Waals surface area contributed by atoms with Gasteiger partial charge in [0.25, 0.3) is 0 Å². The first-order valence-electron chi connectivity index (χ1n) is 5.07. The van der Waals surface area contributed by atoms with Crippen LogP contribution in [0.1, 0.15) is 19.5 Å². The first-order chi connectivity index (χ1) is 6.77. The van der Waals surface area contributed by atoms with Crippen LogP contribution in [0.3, 0.4) is 0 Å². The second kappa shape index (κ2) is 5.65. The zero-order valence-corrected chi connectivity index (χ0v) is 9.17. The molecule has 0 spiro atoms. The van der Waals surface area contributed by atoms with Crippen molar-refractivity contribution in [1.29, 1.82) is 0 Å². The van der Waals surface area contributed by atoms with Crippen LogP contribution in [0.4, 0.5) is 0 Å². The van der Waals surface area contributed by atoms with Crippen LogP contribution >= 0.6 is 0 Å². The molecule has 0 aromatic carbocycles. The molecular weight excluding hydrogens is 180 g/mol. The second-order valence-corrected chi connectivity index (χ2v) is 3.07. The number of aryl methyl sites for hydroxylation is 1. The highest BCUT2D eigenvalue weighted by atomic mass is 16.5. The molecular formula is C10H19N2O2+. The van der Waals surface area contributed by atoms with Gasteiger partial charge in [0.05, 0.1) is 13.2 Å². The van der Waals surface area contributed by atoms with Crippen molar-refractivity contribution in [3.63, 3.8) is 0 Å². The normalized spacial score (nSPS) is 10.5. The Labute approximate surface area is 84.9 Å². The van der Waals surface area contributed by atoms with E-state index in [2.05, 4.69) is 4.98 Å². The minimum atomic E-state index is 0.675. The molecule has 1 aromatic rings. The zero-order chi connectivity index (χ0) is 10.4. The van der Waals surface area contributed by atoms with Gasteiger partial charge < -0.3 is 9.47 Å². The van der Waals surface area contributed by atoms with Crippen molar-refractivity contribution in [2.75, 3.05) is 19.8 Å². The maximum Gasteiger partial charge on any atom is 0.454 e. The molecule has 1 rings (SSSR count). The topological polar surface area (TPSA) is 38.1 Å². The molecule has 1 N–H and O–H groups in total. The molecule has 0 atom stereocenters. The first-order valence-corrected chi connectivity index (χ1v) is 5.07. The Balaban J connectivity index is 2.54. The lowest BCUT2D eigenvalue weighted by atomic mass is 10.5. The summed E-state index contributed by atoms with van der Waals surface area (Å²) in [6.07, 6.45) is 2.03. The zero-order valence-electron chi connectivity index (χ0n) is 9.17. The Hall–Kier alpha value is -1.03. The number of aromatic amines is 1. The molecule has 14 heavy (non-hydrogen) atoms. The van der Waals surface area contributed by atoms with E-state index in [0.29, 0.717) is 6.61 Å². The van der Waals surface area contributed by atoms with Gasteiger partial charge in [-0.25, -0.2) is 4.98 Å². The monoisotopic (exact) mass is 199 g/mol. The van der Waals surface area contributed by atoms with Gasteiger partial charge in [0, 0.05) is 13.5 Å². The third kappa shape index (κ3) is 3.03. The van der Waals surface area contributed by atoms with Crippen molar-refractivity contribution < 1.29 is 14.0 Å². The van der Waals surface area contributed by atoms with Crippen molar-refractivity contribution in [2.45, 2.75) is 27.3 Å². The number of hydrogen-bond acceptors (Lipinski definition) is 2. The summed E-state index contributed by atoms with van der Waals surface area (Å²) >= 11 is 0. The number of H-pyrrole nitrogens is 1. The average molecular weight is 199 g/mol. The number of ether oxygens (including phenoxy) is 2. The van der Waals surface area contributed by atoms with Crippen molar-refractivity contribution in [3.05, 3.63) is 11.9 Å². The number of rotatable bonds is 6. The van der Waals surface area contributed by atoms with E-state index in [0.717, 1.165) is 31.5 Å². The third-order valence-electron chi connectivity index (χ3n) is 1.88. The lowest BCUT2D eigenvalue weighted by Crippen LogP contribution is -2.36. The predicted molar refractivity (Wildman–Crippen MR) is 53.4 cm³/mol. The molecule has 0 fully saturated rings. The van der Waals surface area contributed by atoms with Crippen LogP contribution in [-0.2, 0) is 11.3 Å². The maximum atomic E-state index is 5.44.